The molecule has 592 valence electrons. The number of nitrogens with one attached hydrogen (secondary N) is 12. The van der Waals surface area contributed by atoms with E-state index in [1.807, 2.05) is 64.1 Å². The molecule has 0 bridgehead atoms. The summed E-state index contributed by atoms with van der Waals surface area (Å²) in [7, 11) is 0. The van der Waals surface area contributed by atoms with Crippen molar-refractivity contribution in [1.82, 2.24) is 63.9 Å². The highest BCUT2D eigenvalue weighted by Gasteiger charge is 2.40. The molecule has 108 heavy (non-hydrogen) atoms. The van der Waals surface area contributed by atoms with Crippen molar-refractivity contribution in [2.75, 3.05) is 19.6 Å². The van der Waals surface area contributed by atoms with Gasteiger partial charge in [-0.2, -0.15) is 0 Å². The van der Waals surface area contributed by atoms with E-state index in [4.69, 9.17) is 5.73 Å². The maximum atomic E-state index is 14.9. The predicted molar refractivity (Wildman–Crippen MR) is 411 cm³/mol. The number of primary amides is 1. The minimum atomic E-state index is -1.73. The number of hydrazine groups is 2. The smallest absolute Gasteiger partial charge is 0.243 e. The molecule has 0 radical (unpaired) electrons. The molecule has 2 heterocycles. The van der Waals surface area contributed by atoms with Crippen LogP contribution in [0.4, 0.5) is 0 Å². The average molecular weight is 1500 g/mol. The van der Waals surface area contributed by atoms with Crippen LogP contribution in [-0.2, 0) is 81.6 Å². The third-order valence-corrected chi connectivity index (χ3v) is 19.5. The van der Waals surface area contributed by atoms with Gasteiger partial charge in [-0.3, -0.25) is 62.9 Å². The Kier molecular flexibility index (Phi) is 37.6. The number of carbonyl (C=O) groups excluding carboxylic acids is 13. The number of hydrogen-bond donors (Lipinski definition) is 15. The molecule has 0 spiro atoms. The first kappa shape index (κ1) is 89.8. The lowest BCUT2D eigenvalue weighted by Gasteiger charge is -2.33. The van der Waals surface area contributed by atoms with Gasteiger partial charge >= 0.3 is 0 Å². The summed E-state index contributed by atoms with van der Waals surface area (Å²) in [5.74, 6) is -8.07. The van der Waals surface area contributed by atoms with Crippen LogP contribution in [0.1, 0.15) is 182 Å². The number of hydrogen-bond acceptors (Lipinski definition) is 22. The number of rotatable bonds is 25. The lowest BCUT2D eigenvalue weighted by atomic mass is 9.89. The number of para-hydroxylation sites is 1. The van der Waals surface area contributed by atoms with Gasteiger partial charge in [-0.25, -0.2) is 21.7 Å². The molecule has 5 rings (SSSR count). The molecule has 3 aromatic carbocycles. The number of aliphatic hydroxyl groups is 1. The van der Waals surface area contributed by atoms with Crippen molar-refractivity contribution in [3.05, 3.63) is 114 Å². The summed E-state index contributed by atoms with van der Waals surface area (Å²) in [6.45, 7) is 15.2. The molecule has 16 N–H and O–H groups in total. The Morgan fingerprint density at radius 1 is 0.639 bits per heavy atom. The fourth-order valence-electron chi connectivity index (χ4n) is 12.5. The number of aromatic amines is 1. The number of aliphatic hydroxyl groups excluding tert-OH is 1. The van der Waals surface area contributed by atoms with Crippen LogP contribution in [-0.4, -0.2) is 183 Å². The molecular weight excluding hydrogens is 1380 g/mol. The number of aldehydes is 1. The standard InChI is InChI=1S/C80H117N13O15/c1-49(2)29-34-62-78(108)89-79(9,48-94)37-23-16-14-12-11-13-15-17-24-38-80(10,93-92-64(40-55-25-19-18-20-26-55)74(104)75(105)73(53(7)95)88-77(107)66(39-50(3)4)86-54(8)96)71(102)47-83-52(6)69(100)45-85-65(41-56-30-32-58(97)33-31-56)76(106)87-63(42-57-44-84-60-28-22-21-27-59(57)60)68(99)43-67(98)51(5)82-46-70(101)61(90-91-62)35-36-72(81)103/h12,14,18-22,25-28,30-33,44,48-53,61-66,73,82-85,90-93,95,97H,11,13,15-17,23-24,29,34-43,45-47H2,1-10H3,(H2,81,103)(H,86,96)(H,87,106)(H,88,107)(H,89,108)/b14-12-/t51-,52-,53+,61-,62-,63-,64-,65-,66-,73-,79-,80+/m0/s1. The van der Waals surface area contributed by atoms with Crippen LogP contribution >= 0.6 is 0 Å². The van der Waals surface area contributed by atoms with Gasteiger partial charge < -0.3 is 57.6 Å². The van der Waals surface area contributed by atoms with E-state index in [1.165, 1.54) is 32.9 Å². The van der Waals surface area contributed by atoms with Gasteiger partial charge in [0.1, 0.15) is 24.1 Å². The molecule has 0 fully saturated rings. The maximum Gasteiger partial charge on any atom is 0.243 e. The van der Waals surface area contributed by atoms with E-state index in [0.29, 0.717) is 74.3 Å². The highest BCUT2D eigenvalue weighted by atomic mass is 16.3. The number of nitrogens with two attached hydrogens (primary N) is 1. The Morgan fingerprint density at radius 3 is 1.94 bits per heavy atom. The second-order valence-corrected chi connectivity index (χ2v) is 30.0. The van der Waals surface area contributed by atoms with Crippen LogP contribution in [0.5, 0.6) is 5.75 Å². The average Bonchev–Trinajstić information content (AvgIpc) is 1.67. The first-order valence-electron chi connectivity index (χ1n) is 37.8. The summed E-state index contributed by atoms with van der Waals surface area (Å²) in [5.41, 5.74) is 17.4. The number of phenolic OH excluding ortho intramolecular Hbond substituents is 1. The van der Waals surface area contributed by atoms with Crippen molar-refractivity contribution < 1.29 is 72.5 Å². The summed E-state index contributed by atoms with van der Waals surface area (Å²) in [4.78, 5) is 184. The third kappa shape index (κ3) is 30.6. The number of H-pyrrole nitrogens is 1. The zero-order chi connectivity index (χ0) is 79.7. The quantitative estimate of drug-likeness (QED) is 0.0147. The Balaban J connectivity index is 1.48. The van der Waals surface area contributed by atoms with Crippen LogP contribution in [0.15, 0.2) is 97.2 Å². The summed E-state index contributed by atoms with van der Waals surface area (Å²) >= 11 is 0. The minimum Gasteiger partial charge on any atom is -0.508 e. The second-order valence-electron chi connectivity index (χ2n) is 30.0. The van der Waals surface area contributed by atoms with Crippen molar-refractivity contribution in [3.63, 3.8) is 0 Å². The Bertz CT molecular complexity index is 3690. The van der Waals surface area contributed by atoms with Crippen LogP contribution < -0.4 is 64.7 Å². The molecule has 1 aromatic heterocycles. The van der Waals surface area contributed by atoms with Gasteiger partial charge in [0.05, 0.1) is 85.5 Å². The molecule has 0 aliphatic carbocycles. The minimum absolute atomic E-state index is 0.0462. The van der Waals surface area contributed by atoms with E-state index in [-0.39, 0.29) is 62.5 Å². The van der Waals surface area contributed by atoms with Gasteiger partial charge in [-0.15, -0.1) is 0 Å². The lowest BCUT2D eigenvalue weighted by Crippen LogP contribution is -2.64. The Morgan fingerprint density at radius 2 is 1.28 bits per heavy atom. The zero-order valence-corrected chi connectivity index (χ0v) is 64.4. The first-order valence-corrected chi connectivity index (χ1v) is 37.8. The van der Waals surface area contributed by atoms with Gasteiger partial charge in [0.25, 0.3) is 0 Å². The summed E-state index contributed by atoms with van der Waals surface area (Å²) in [6.07, 6.45) is 9.69. The van der Waals surface area contributed by atoms with Gasteiger partial charge in [-0.05, 0) is 158 Å². The van der Waals surface area contributed by atoms with Crippen molar-refractivity contribution in [2.24, 2.45) is 17.6 Å². The molecule has 0 saturated heterocycles. The van der Waals surface area contributed by atoms with Gasteiger partial charge in [0, 0.05) is 36.9 Å². The number of Topliss-reactive ketones (excluding diaryl/α,β-unsaturated/α-hetero) is 7. The van der Waals surface area contributed by atoms with Crippen molar-refractivity contribution in [2.45, 2.75) is 256 Å². The molecule has 5 amide bonds. The number of benzene rings is 3. The molecule has 1 aliphatic rings. The van der Waals surface area contributed by atoms with Crippen LogP contribution in [0.3, 0.4) is 0 Å². The number of amides is 5. The topological polar surface area (TPSA) is 437 Å². The summed E-state index contributed by atoms with van der Waals surface area (Å²) in [5, 5.41) is 41.8. The highest BCUT2D eigenvalue weighted by Crippen LogP contribution is 2.23. The monoisotopic (exact) mass is 1500 g/mol. The fourth-order valence-corrected chi connectivity index (χ4v) is 12.5. The van der Waals surface area contributed by atoms with E-state index in [9.17, 15) is 72.5 Å². The van der Waals surface area contributed by atoms with Gasteiger partial charge in [-0.1, -0.05) is 120 Å². The summed E-state index contributed by atoms with van der Waals surface area (Å²) < 4.78 is 0. The normalized spacial score (nSPS) is 24.1. The largest absolute Gasteiger partial charge is 0.508 e. The maximum absolute atomic E-state index is 14.9. The Hall–Kier alpha value is -8.87. The number of aromatic hydroxyl groups is 1. The molecule has 0 saturated carbocycles. The van der Waals surface area contributed by atoms with E-state index in [0.717, 1.165) is 23.7 Å². The fraction of sp³-hybridized carbons (Fsp3) is 0.562. The zero-order valence-electron chi connectivity index (χ0n) is 64.4. The molecule has 12 atom stereocenters. The van der Waals surface area contributed by atoms with Crippen LogP contribution in [0.25, 0.3) is 10.9 Å². The molecular formula is C80H117N13O15. The van der Waals surface area contributed by atoms with E-state index in [1.54, 1.807) is 69.4 Å². The van der Waals surface area contributed by atoms with E-state index < -0.39 is 168 Å². The molecule has 0 unspecified atom stereocenters. The predicted octanol–water partition coefficient (Wildman–Crippen LogP) is 4.00. The third-order valence-electron chi connectivity index (χ3n) is 19.5. The van der Waals surface area contributed by atoms with Crippen molar-refractivity contribution >= 4 is 87.2 Å². The summed E-state index contributed by atoms with van der Waals surface area (Å²) in [6, 6.07) is 11.2. The molecule has 4 aromatic rings. The van der Waals surface area contributed by atoms with Gasteiger partial charge in [0.2, 0.25) is 41.1 Å². The first-order chi connectivity index (χ1) is 51.2. The molecule has 28 nitrogen and oxygen atoms in total. The molecule has 1 aliphatic heterocycles. The van der Waals surface area contributed by atoms with Crippen LogP contribution in [0.2, 0.25) is 0 Å². The van der Waals surface area contributed by atoms with Crippen LogP contribution in [0, 0.1) is 11.8 Å². The highest BCUT2D eigenvalue weighted by molar-refractivity contribution is 6.41. The number of fused-ring (bicyclic) bond motifs is 1. The number of allylic oxidation sites excluding steroid dienone is 2. The molecule has 28 heteroatoms. The number of carbonyl (C=O) groups is 13. The van der Waals surface area contributed by atoms with E-state index in [2.05, 4.69) is 63.9 Å². The number of aromatic nitrogens is 1. The number of ketones is 7. The van der Waals surface area contributed by atoms with E-state index >= 15 is 0 Å². The Labute approximate surface area is 634 Å². The second kappa shape index (κ2) is 45.2. The lowest BCUT2D eigenvalue weighted by molar-refractivity contribution is -0.142. The number of phenols is 1. The van der Waals surface area contributed by atoms with Crippen molar-refractivity contribution in [1.29, 1.82) is 0 Å². The van der Waals surface area contributed by atoms with Gasteiger partial charge in [0.15, 0.2) is 28.9 Å². The SMILES string of the molecule is CC(=O)N[C@@H](CC(C)C)C(=O)N[C@H](C(=O)C(=O)[C@H](Cc1ccccc1)NN[C@]1(C)CCCCCC/C=C\CCC[C@@](C)(C=O)NC(=O)[C@H](CCC(C)C)NN[C@@H](CCC(N)=O)C(=O)CN[C@@H](C)C(=O)CC(=O)[C@H](Cc2c[nH]c3ccccc23)NC(=O)[C@H](Cc2ccc(O)cc2)NCC(=O)[C@H](C)NCC1=O)[C@@H](C)O. The van der Waals surface area contributed by atoms with Crippen molar-refractivity contribution in [3.8, 4) is 5.75 Å².